The Morgan fingerprint density at radius 2 is 2.05 bits per heavy atom. The van der Waals surface area contributed by atoms with Gasteiger partial charge < -0.3 is 5.32 Å². The summed E-state index contributed by atoms with van der Waals surface area (Å²) in [6.07, 6.45) is 1.74. The predicted octanol–water partition coefficient (Wildman–Crippen LogP) is 2.98. The minimum atomic E-state index is -0.407. The molecule has 0 amide bonds. The summed E-state index contributed by atoms with van der Waals surface area (Å²) in [5.41, 5.74) is 2.28. The summed E-state index contributed by atoms with van der Waals surface area (Å²) in [5, 5.41) is 19.2. The van der Waals surface area contributed by atoms with E-state index in [9.17, 15) is 10.1 Å². The van der Waals surface area contributed by atoms with E-state index in [-0.39, 0.29) is 5.69 Å². The van der Waals surface area contributed by atoms with Crippen molar-refractivity contribution in [2.24, 2.45) is 0 Å². The van der Waals surface area contributed by atoms with Crippen molar-refractivity contribution < 1.29 is 4.92 Å². The first kappa shape index (κ1) is 12.2. The number of para-hydroxylation sites is 1. The van der Waals surface area contributed by atoms with Crippen LogP contribution in [-0.4, -0.2) is 21.8 Å². The Bertz CT molecular complexity index is 795. The smallest absolute Gasteiger partial charge is 0.273 e. The van der Waals surface area contributed by atoms with Crippen molar-refractivity contribution in [3.63, 3.8) is 0 Å². The maximum absolute atomic E-state index is 11.0. The van der Waals surface area contributed by atoms with Gasteiger partial charge in [0.25, 0.3) is 5.69 Å². The standard InChI is InChI=1S/C14H12N4O2/c1-15-11-6-12(8-13(7-11)18(19)20)17-14-5-3-2-4-10(14)9-16-17/h2-9,15H,1H3. The highest BCUT2D eigenvalue weighted by Crippen LogP contribution is 2.25. The van der Waals surface area contributed by atoms with Gasteiger partial charge in [-0.1, -0.05) is 18.2 Å². The lowest BCUT2D eigenvalue weighted by Gasteiger charge is -2.07. The summed E-state index contributed by atoms with van der Waals surface area (Å²) in [4.78, 5) is 10.6. The summed E-state index contributed by atoms with van der Waals surface area (Å²) < 4.78 is 1.70. The average molecular weight is 268 g/mol. The first-order valence-electron chi connectivity index (χ1n) is 6.09. The topological polar surface area (TPSA) is 73.0 Å². The number of benzene rings is 2. The van der Waals surface area contributed by atoms with Gasteiger partial charge in [-0.15, -0.1) is 0 Å². The monoisotopic (exact) mass is 268 g/mol. The Morgan fingerprint density at radius 3 is 2.80 bits per heavy atom. The molecule has 100 valence electrons. The molecule has 2 aromatic carbocycles. The van der Waals surface area contributed by atoms with E-state index < -0.39 is 4.92 Å². The predicted molar refractivity (Wildman–Crippen MR) is 77.3 cm³/mol. The highest BCUT2D eigenvalue weighted by molar-refractivity contribution is 5.80. The van der Waals surface area contributed by atoms with Crippen LogP contribution in [0.3, 0.4) is 0 Å². The molecule has 0 spiro atoms. The van der Waals surface area contributed by atoms with Crippen molar-refractivity contribution in [2.45, 2.75) is 0 Å². The van der Waals surface area contributed by atoms with Crippen molar-refractivity contribution >= 4 is 22.3 Å². The van der Waals surface area contributed by atoms with Crippen LogP contribution in [0.25, 0.3) is 16.6 Å². The Morgan fingerprint density at radius 1 is 1.25 bits per heavy atom. The molecule has 0 fully saturated rings. The third-order valence-electron chi connectivity index (χ3n) is 3.12. The van der Waals surface area contributed by atoms with Crippen LogP contribution in [-0.2, 0) is 0 Å². The van der Waals surface area contributed by atoms with Crippen LogP contribution in [0.5, 0.6) is 0 Å². The molecule has 20 heavy (non-hydrogen) atoms. The largest absolute Gasteiger partial charge is 0.388 e. The van der Waals surface area contributed by atoms with E-state index in [0.29, 0.717) is 11.4 Å². The van der Waals surface area contributed by atoms with Crippen molar-refractivity contribution in [1.29, 1.82) is 0 Å². The van der Waals surface area contributed by atoms with Crippen molar-refractivity contribution in [2.75, 3.05) is 12.4 Å². The molecule has 3 rings (SSSR count). The molecule has 0 aliphatic heterocycles. The van der Waals surface area contributed by atoms with Gasteiger partial charge in [-0.3, -0.25) is 10.1 Å². The summed E-state index contributed by atoms with van der Waals surface area (Å²) in [6.45, 7) is 0. The molecule has 1 N–H and O–H groups in total. The summed E-state index contributed by atoms with van der Waals surface area (Å²) in [6, 6.07) is 12.6. The number of hydrogen-bond acceptors (Lipinski definition) is 4. The van der Waals surface area contributed by atoms with E-state index in [0.717, 1.165) is 10.9 Å². The minimum absolute atomic E-state index is 0.0337. The average Bonchev–Trinajstić information content (AvgIpc) is 2.90. The molecule has 0 radical (unpaired) electrons. The van der Waals surface area contributed by atoms with Crippen LogP contribution in [0.1, 0.15) is 0 Å². The number of non-ortho nitro benzene ring substituents is 1. The van der Waals surface area contributed by atoms with Crippen LogP contribution in [0.2, 0.25) is 0 Å². The highest BCUT2D eigenvalue weighted by Gasteiger charge is 2.12. The number of fused-ring (bicyclic) bond motifs is 1. The zero-order valence-corrected chi connectivity index (χ0v) is 10.8. The molecule has 0 aliphatic rings. The summed E-state index contributed by atoms with van der Waals surface area (Å²) in [5.74, 6) is 0. The van der Waals surface area contributed by atoms with Gasteiger partial charge in [-0.05, 0) is 12.1 Å². The Balaban J connectivity index is 2.23. The number of hydrogen-bond donors (Lipinski definition) is 1. The van der Waals surface area contributed by atoms with Gasteiger partial charge in [0.2, 0.25) is 0 Å². The van der Waals surface area contributed by atoms with Crippen LogP contribution < -0.4 is 5.32 Å². The van der Waals surface area contributed by atoms with Crippen molar-refractivity contribution in [1.82, 2.24) is 9.78 Å². The maximum Gasteiger partial charge on any atom is 0.273 e. The molecule has 6 heteroatoms. The molecule has 0 aliphatic carbocycles. The van der Waals surface area contributed by atoms with Gasteiger partial charge in [0, 0.05) is 30.3 Å². The highest BCUT2D eigenvalue weighted by atomic mass is 16.6. The number of nitro groups is 1. The quantitative estimate of drug-likeness (QED) is 0.585. The Kier molecular flexibility index (Phi) is 2.83. The molecule has 6 nitrogen and oxygen atoms in total. The molecule has 1 heterocycles. The lowest BCUT2D eigenvalue weighted by molar-refractivity contribution is -0.384. The van der Waals surface area contributed by atoms with Gasteiger partial charge in [0.1, 0.15) is 0 Å². The van der Waals surface area contributed by atoms with Crippen LogP contribution in [0, 0.1) is 10.1 Å². The van der Waals surface area contributed by atoms with Crippen LogP contribution in [0.15, 0.2) is 48.7 Å². The van der Waals surface area contributed by atoms with Crippen molar-refractivity contribution in [3.8, 4) is 5.69 Å². The number of nitrogens with one attached hydrogen (secondary N) is 1. The minimum Gasteiger partial charge on any atom is -0.388 e. The SMILES string of the molecule is CNc1cc(-n2ncc3ccccc32)cc([N+](=O)[O-])c1. The number of rotatable bonds is 3. The summed E-state index contributed by atoms with van der Waals surface area (Å²) >= 11 is 0. The fourth-order valence-corrected chi connectivity index (χ4v) is 2.14. The molecular weight excluding hydrogens is 256 g/mol. The van der Waals surface area contributed by atoms with E-state index in [4.69, 9.17) is 0 Å². The zero-order chi connectivity index (χ0) is 14.1. The fourth-order valence-electron chi connectivity index (χ4n) is 2.14. The Labute approximate surface area is 114 Å². The second-order valence-corrected chi connectivity index (χ2v) is 4.36. The number of nitro benzene ring substituents is 1. The Hall–Kier alpha value is -2.89. The lowest BCUT2D eigenvalue weighted by Crippen LogP contribution is -2.00. The molecule has 0 unspecified atom stereocenters. The number of anilines is 1. The second kappa shape index (κ2) is 4.65. The molecule has 0 saturated heterocycles. The molecule has 0 bridgehead atoms. The molecule has 0 saturated carbocycles. The third kappa shape index (κ3) is 1.97. The summed E-state index contributed by atoms with van der Waals surface area (Å²) in [7, 11) is 1.73. The van der Waals surface area contributed by atoms with Gasteiger partial charge in [0.05, 0.1) is 22.3 Å². The number of aromatic nitrogens is 2. The first-order valence-corrected chi connectivity index (χ1v) is 6.09. The molecule has 3 aromatic rings. The van der Waals surface area contributed by atoms with E-state index in [1.807, 2.05) is 30.3 Å². The third-order valence-corrected chi connectivity index (χ3v) is 3.12. The van der Waals surface area contributed by atoms with Crippen LogP contribution >= 0.6 is 0 Å². The van der Waals surface area contributed by atoms with Gasteiger partial charge in [0.15, 0.2) is 0 Å². The maximum atomic E-state index is 11.0. The van der Waals surface area contributed by atoms with E-state index in [1.54, 1.807) is 17.9 Å². The van der Waals surface area contributed by atoms with E-state index in [2.05, 4.69) is 10.4 Å². The first-order chi connectivity index (χ1) is 9.69. The van der Waals surface area contributed by atoms with Crippen molar-refractivity contribution in [3.05, 3.63) is 58.8 Å². The second-order valence-electron chi connectivity index (χ2n) is 4.36. The molecule has 1 aromatic heterocycles. The van der Waals surface area contributed by atoms with E-state index >= 15 is 0 Å². The fraction of sp³-hybridized carbons (Fsp3) is 0.0714. The van der Waals surface area contributed by atoms with E-state index in [1.165, 1.54) is 12.1 Å². The zero-order valence-electron chi connectivity index (χ0n) is 10.8. The number of nitrogens with zero attached hydrogens (tertiary/aromatic N) is 3. The van der Waals surface area contributed by atoms with Gasteiger partial charge in [-0.2, -0.15) is 5.10 Å². The van der Waals surface area contributed by atoms with Crippen LogP contribution in [0.4, 0.5) is 11.4 Å². The lowest BCUT2D eigenvalue weighted by atomic mass is 10.2. The normalized spacial score (nSPS) is 10.7. The van der Waals surface area contributed by atoms with Gasteiger partial charge >= 0.3 is 0 Å². The molecule has 0 atom stereocenters. The van der Waals surface area contributed by atoms with Gasteiger partial charge in [-0.25, -0.2) is 4.68 Å². The molecular formula is C14H12N4O2.